The van der Waals surface area contributed by atoms with Crippen LogP contribution in [0.3, 0.4) is 0 Å². The predicted octanol–water partition coefficient (Wildman–Crippen LogP) is -0.468. The molecule has 1 heterocycles. The van der Waals surface area contributed by atoms with Crippen molar-refractivity contribution in [2.24, 2.45) is 15.0 Å². The van der Waals surface area contributed by atoms with Gasteiger partial charge < -0.3 is 14.9 Å². The van der Waals surface area contributed by atoms with E-state index >= 15 is 0 Å². The SMILES string of the molecule is CC(CC(CC(N=C=O)Oc1nc(O)nc(O)n1)N=C=O)N=C=O. The van der Waals surface area contributed by atoms with Crippen molar-refractivity contribution >= 4 is 18.2 Å². The molecule has 1 aromatic heterocycles. The summed E-state index contributed by atoms with van der Waals surface area (Å²) in [6, 6.07) is -3.33. The highest BCUT2D eigenvalue weighted by atomic mass is 16.5. The molecule has 0 saturated carbocycles. The molecule has 0 aliphatic heterocycles. The first-order valence-electron chi connectivity index (χ1n) is 6.50. The number of hydrogen-bond acceptors (Lipinski definition) is 12. The minimum absolute atomic E-state index is 0.101. The molecule has 3 atom stereocenters. The van der Waals surface area contributed by atoms with Crippen molar-refractivity contribution in [3.8, 4) is 18.0 Å². The van der Waals surface area contributed by atoms with E-state index in [0.29, 0.717) is 0 Å². The van der Waals surface area contributed by atoms with E-state index in [9.17, 15) is 14.4 Å². The summed E-state index contributed by atoms with van der Waals surface area (Å²) in [4.78, 5) is 51.5. The zero-order valence-corrected chi connectivity index (χ0v) is 12.4. The normalized spacial score (nSPS) is 13.4. The van der Waals surface area contributed by atoms with E-state index < -0.39 is 36.3 Å². The summed E-state index contributed by atoms with van der Waals surface area (Å²) < 4.78 is 5.13. The summed E-state index contributed by atoms with van der Waals surface area (Å²) in [7, 11) is 0. The summed E-state index contributed by atoms with van der Waals surface area (Å²) in [6.45, 7) is 1.60. The molecule has 0 fully saturated rings. The molecule has 12 nitrogen and oxygen atoms in total. The van der Waals surface area contributed by atoms with Crippen molar-refractivity contribution in [3.63, 3.8) is 0 Å². The maximum atomic E-state index is 10.5. The van der Waals surface area contributed by atoms with Crippen LogP contribution in [0.25, 0.3) is 0 Å². The van der Waals surface area contributed by atoms with Crippen LogP contribution in [-0.4, -0.2) is 61.7 Å². The monoisotopic (exact) mass is 336 g/mol. The van der Waals surface area contributed by atoms with Gasteiger partial charge in [-0.2, -0.15) is 4.99 Å². The van der Waals surface area contributed by atoms with E-state index in [2.05, 4.69) is 29.9 Å². The second kappa shape index (κ2) is 9.54. The van der Waals surface area contributed by atoms with E-state index in [-0.39, 0.29) is 12.8 Å². The van der Waals surface area contributed by atoms with Gasteiger partial charge in [0.15, 0.2) is 0 Å². The van der Waals surface area contributed by atoms with Crippen LogP contribution in [0.4, 0.5) is 0 Å². The summed E-state index contributed by atoms with van der Waals surface area (Å²) in [5, 5.41) is 18.3. The summed E-state index contributed by atoms with van der Waals surface area (Å²) in [6.07, 6.45) is 2.85. The summed E-state index contributed by atoms with van der Waals surface area (Å²) in [5.41, 5.74) is 0. The third kappa shape index (κ3) is 6.54. The van der Waals surface area contributed by atoms with Gasteiger partial charge in [-0.25, -0.2) is 24.4 Å². The number of isocyanates is 3. The first kappa shape index (κ1) is 18.6. The average molecular weight is 336 g/mol. The second-order valence-corrected chi connectivity index (χ2v) is 4.43. The molecule has 0 amide bonds. The zero-order chi connectivity index (χ0) is 17.9. The fourth-order valence-electron chi connectivity index (χ4n) is 1.74. The van der Waals surface area contributed by atoms with Crippen LogP contribution < -0.4 is 4.74 Å². The fraction of sp³-hybridized carbons (Fsp3) is 0.500. The van der Waals surface area contributed by atoms with Crippen molar-refractivity contribution in [1.82, 2.24) is 15.0 Å². The van der Waals surface area contributed by atoms with Crippen LogP contribution in [0.1, 0.15) is 19.8 Å². The highest BCUT2D eigenvalue weighted by Gasteiger charge is 2.21. The van der Waals surface area contributed by atoms with Crippen LogP contribution in [0.5, 0.6) is 18.0 Å². The molecule has 0 aliphatic rings. The lowest BCUT2D eigenvalue weighted by atomic mass is 10.1. The molecule has 3 unspecified atom stereocenters. The smallest absolute Gasteiger partial charge is 0.327 e. The number of hydrogen-bond donors (Lipinski definition) is 2. The Morgan fingerprint density at radius 2 is 1.54 bits per heavy atom. The maximum absolute atomic E-state index is 10.5. The van der Waals surface area contributed by atoms with Gasteiger partial charge in [0.2, 0.25) is 24.5 Å². The molecule has 0 aliphatic carbocycles. The van der Waals surface area contributed by atoms with Crippen LogP contribution >= 0.6 is 0 Å². The molecule has 0 bridgehead atoms. The third-order valence-electron chi connectivity index (χ3n) is 2.62. The van der Waals surface area contributed by atoms with E-state index in [0.717, 1.165) is 0 Å². The van der Waals surface area contributed by atoms with Crippen LogP contribution in [0, 0.1) is 0 Å². The first-order chi connectivity index (χ1) is 11.5. The second-order valence-electron chi connectivity index (χ2n) is 4.43. The minimum atomic E-state index is -1.22. The zero-order valence-electron chi connectivity index (χ0n) is 12.4. The summed E-state index contributed by atoms with van der Waals surface area (Å²) >= 11 is 0. The molecular formula is C12H12N6O6. The predicted molar refractivity (Wildman–Crippen MR) is 74.4 cm³/mol. The summed E-state index contributed by atoms with van der Waals surface area (Å²) in [5.74, 6) is 0. The van der Waals surface area contributed by atoms with Gasteiger partial charge in [-0.05, 0) is 13.3 Å². The minimum Gasteiger partial charge on any atom is -0.479 e. The lowest BCUT2D eigenvalue weighted by molar-refractivity contribution is 0.167. The van der Waals surface area contributed by atoms with Crippen molar-refractivity contribution in [2.45, 2.75) is 38.1 Å². The molecule has 0 radical (unpaired) electrons. The van der Waals surface area contributed by atoms with E-state index in [1.54, 1.807) is 6.92 Å². The number of rotatable bonds is 9. The third-order valence-corrected chi connectivity index (χ3v) is 2.62. The Morgan fingerprint density at radius 1 is 0.958 bits per heavy atom. The standard InChI is InChI=1S/C12H12N6O6/c1-7(13-4-19)2-8(14-5-20)3-9(15-6-21)24-12-17-10(22)16-11(23)18-12/h7-9H,2-3H2,1H3,(H2,16,17,18,22,23). The van der Waals surface area contributed by atoms with Crippen LogP contribution in [0.2, 0.25) is 0 Å². The van der Waals surface area contributed by atoms with Crippen molar-refractivity contribution in [3.05, 3.63) is 0 Å². The lowest BCUT2D eigenvalue weighted by Gasteiger charge is -2.17. The first-order valence-corrected chi connectivity index (χ1v) is 6.50. The Kier molecular flexibility index (Phi) is 7.40. The molecule has 12 heteroatoms. The average Bonchev–Trinajstić information content (AvgIpc) is 2.46. The van der Waals surface area contributed by atoms with E-state index in [1.807, 2.05) is 0 Å². The van der Waals surface area contributed by atoms with E-state index in [1.165, 1.54) is 18.2 Å². The van der Waals surface area contributed by atoms with Gasteiger partial charge in [-0.15, -0.1) is 15.0 Å². The van der Waals surface area contributed by atoms with Crippen molar-refractivity contribution in [1.29, 1.82) is 0 Å². The van der Waals surface area contributed by atoms with Gasteiger partial charge in [0.1, 0.15) is 0 Å². The Labute approximate surface area is 134 Å². The Morgan fingerprint density at radius 3 is 2.08 bits per heavy atom. The van der Waals surface area contributed by atoms with Gasteiger partial charge in [0.05, 0.1) is 12.1 Å². The molecule has 0 saturated heterocycles. The quantitative estimate of drug-likeness (QED) is 0.445. The Hall–Kier alpha value is -3.45. The number of aliphatic imine (C=N–C) groups is 3. The molecule has 126 valence electrons. The molecule has 1 rings (SSSR count). The van der Waals surface area contributed by atoms with Gasteiger partial charge >= 0.3 is 18.0 Å². The van der Waals surface area contributed by atoms with Crippen LogP contribution in [-0.2, 0) is 14.4 Å². The van der Waals surface area contributed by atoms with E-state index in [4.69, 9.17) is 14.9 Å². The van der Waals surface area contributed by atoms with Gasteiger partial charge in [0.25, 0.3) is 0 Å². The number of aromatic nitrogens is 3. The number of nitrogens with zero attached hydrogens (tertiary/aromatic N) is 6. The number of ether oxygens (including phenoxy) is 1. The molecule has 1 aromatic rings. The molecule has 2 N–H and O–H groups in total. The highest BCUT2D eigenvalue weighted by molar-refractivity contribution is 5.35. The van der Waals surface area contributed by atoms with Crippen molar-refractivity contribution < 1.29 is 29.3 Å². The van der Waals surface area contributed by atoms with Crippen molar-refractivity contribution in [2.75, 3.05) is 0 Å². The number of carbonyl (C=O) groups excluding carboxylic acids is 3. The van der Waals surface area contributed by atoms with Crippen LogP contribution in [0.15, 0.2) is 15.0 Å². The number of aromatic hydroxyl groups is 2. The Balaban J connectivity index is 2.90. The van der Waals surface area contributed by atoms with Gasteiger partial charge in [-0.3, -0.25) is 0 Å². The molecule has 24 heavy (non-hydrogen) atoms. The van der Waals surface area contributed by atoms with Gasteiger partial charge in [-0.1, -0.05) is 0 Å². The molecule has 0 aromatic carbocycles. The Bertz CT molecular complexity index is 688. The topological polar surface area (TPSA) is 177 Å². The molecule has 0 spiro atoms. The maximum Gasteiger partial charge on any atom is 0.327 e. The largest absolute Gasteiger partial charge is 0.479 e. The van der Waals surface area contributed by atoms with Gasteiger partial charge in [0, 0.05) is 6.42 Å². The lowest BCUT2D eigenvalue weighted by Crippen LogP contribution is -2.24. The molecular weight excluding hydrogens is 324 g/mol. The highest BCUT2D eigenvalue weighted by Crippen LogP contribution is 2.18. The fourth-order valence-corrected chi connectivity index (χ4v) is 1.74.